The molecule has 0 saturated heterocycles. The molecule has 1 heterocycles. The first-order chi connectivity index (χ1) is 6.52. The summed E-state index contributed by atoms with van der Waals surface area (Å²) in [5.74, 6) is 4.29. The van der Waals surface area contributed by atoms with Crippen molar-refractivity contribution in [2.45, 2.75) is 25.9 Å². The van der Waals surface area contributed by atoms with Gasteiger partial charge < -0.3 is 5.11 Å². The van der Waals surface area contributed by atoms with Gasteiger partial charge in [-0.1, -0.05) is 6.92 Å². The van der Waals surface area contributed by atoms with Crippen molar-refractivity contribution in [2.24, 2.45) is 5.84 Å². The van der Waals surface area contributed by atoms with Gasteiger partial charge in [0.25, 0.3) is 5.91 Å². The highest BCUT2D eigenvalue weighted by molar-refractivity contribution is 7.10. The largest absolute Gasteiger partial charge is 0.374 e. The number of aryl methyl sites for hydroxylation is 1. The van der Waals surface area contributed by atoms with Gasteiger partial charge in [-0.2, -0.15) is 0 Å². The van der Waals surface area contributed by atoms with Crippen LogP contribution in [-0.2, 0) is 16.8 Å². The normalized spacial score (nSPS) is 14.9. The van der Waals surface area contributed by atoms with Gasteiger partial charge in [-0.15, -0.1) is 11.3 Å². The van der Waals surface area contributed by atoms with Crippen LogP contribution in [0.2, 0.25) is 0 Å². The summed E-state index contributed by atoms with van der Waals surface area (Å²) in [5.41, 5.74) is 1.12. The number of hydrogen-bond acceptors (Lipinski definition) is 5. The molecule has 0 aliphatic carbocycles. The minimum absolute atomic E-state index is 0.359. The third-order valence-electron chi connectivity index (χ3n) is 1.90. The number of carbonyl (C=O) groups excluding carboxylic acids is 1. The Morgan fingerprint density at radius 3 is 2.93 bits per heavy atom. The van der Waals surface area contributed by atoms with Gasteiger partial charge >= 0.3 is 0 Å². The molecule has 6 heteroatoms. The van der Waals surface area contributed by atoms with E-state index >= 15 is 0 Å². The van der Waals surface area contributed by atoms with Crippen LogP contribution in [0.15, 0.2) is 5.38 Å². The second-order valence-electron chi connectivity index (χ2n) is 3.04. The highest BCUT2D eigenvalue weighted by Crippen LogP contribution is 2.24. The van der Waals surface area contributed by atoms with Crippen LogP contribution in [0.3, 0.4) is 0 Å². The molecule has 0 aliphatic rings. The first-order valence-corrected chi connectivity index (χ1v) is 5.08. The van der Waals surface area contributed by atoms with Crippen LogP contribution >= 0.6 is 11.3 Å². The lowest BCUT2D eigenvalue weighted by atomic mass is 10.1. The van der Waals surface area contributed by atoms with E-state index in [0.717, 1.165) is 12.1 Å². The molecule has 4 N–H and O–H groups in total. The average Bonchev–Trinajstić information content (AvgIpc) is 2.65. The molecule has 1 rings (SSSR count). The average molecular weight is 215 g/mol. The summed E-state index contributed by atoms with van der Waals surface area (Å²) in [6, 6.07) is 0. The Bertz CT molecular complexity index is 335. The number of nitrogens with one attached hydrogen (secondary N) is 1. The summed E-state index contributed by atoms with van der Waals surface area (Å²) in [4.78, 5) is 15.3. The zero-order chi connectivity index (χ0) is 10.8. The maximum Gasteiger partial charge on any atom is 0.272 e. The number of nitrogens with zero attached hydrogens (tertiary/aromatic N) is 1. The van der Waals surface area contributed by atoms with Gasteiger partial charge in [0, 0.05) is 5.38 Å². The Morgan fingerprint density at radius 1 is 1.86 bits per heavy atom. The second kappa shape index (κ2) is 4.04. The zero-order valence-electron chi connectivity index (χ0n) is 8.07. The van der Waals surface area contributed by atoms with Crippen LogP contribution in [0.25, 0.3) is 0 Å². The molecule has 0 aromatic carbocycles. The van der Waals surface area contributed by atoms with Gasteiger partial charge in [-0.3, -0.25) is 10.2 Å². The third kappa shape index (κ3) is 1.92. The van der Waals surface area contributed by atoms with Gasteiger partial charge in [-0.25, -0.2) is 10.8 Å². The van der Waals surface area contributed by atoms with E-state index in [4.69, 9.17) is 5.84 Å². The highest BCUT2D eigenvalue weighted by atomic mass is 32.1. The lowest BCUT2D eigenvalue weighted by Crippen LogP contribution is -2.45. The predicted molar refractivity (Wildman–Crippen MR) is 53.4 cm³/mol. The smallest absolute Gasteiger partial charge is 0.272 e. The van der Waals surface area contributed by atoms with Gasteiger partial charge in [-0.05, 0) is 13.3 Å². The van der Waals surface area contributed by atoms with Crippen LogP contribution in [0.1, 0.15) is 24.5 Å². The molecule has 0 fully saturated rings. The van der Waals surface area contributed by atoms with Crippen molar-refractivity contribution in [3.63, 3.8) is 0 Å². The van der Waals surface area contributed by atoms with E-state index in [1.54, 1.807) is 0 Å². The molecule has 0 spiro atoms. The first kappa shape index (κ1) is 11.1. The van der Waals surface area contributed by atoms with Gasteiger partial charge in [0.2, 0.25) is 0 Å². The van der Waals surface area contributed by atoms with Gasteiger partial charge in [0.15, 0.2) is 5.60 Å². The number of aliphatic hydroxyl groups is 1. The molecule has 78 valence electrons. The van der Waals surface area contributed by atoms with Crippen molar-refractivity contribution in [1.29, 1.82) is 0 Å². The minimum Gasteiger partial charge on any atom is -0.374 e. The highest BCUT2D eigenvalue weighted by Gasteiger charge is 2.34. The van der Waals surface area contributed by atoms with Crippen molar-refractivity contribution in [1.82, 2.24) is 10.4 Å². The van der Waals surface area contributed by atoms with E-state index in [2.05, 4.69) is 4.98 Å². The molecule has 0 aliphatic heterocycles. The van der Waals surface area contributed by atoms with Crippen molar-refractivity contribution in [2.75, 3.05) is 0 Å². The number of hydrazine groups is 1. The standard InChI is InChI=1S/C8H13N3O2S/c1-3-5-4-14-7(10-5)8(2,13)6(12)11-9/h4,13H,3,9H2,1-2H3,(H,11,12). The van der Waals surface area contributed by atoms with E-state index in [0.29, 0.717) is 5.01 Å². The monoisotopic (exact) mass is 215 g/mol. The molecule has 1 amide bonds. The van der Waals surface area contributed by atoms with Crippen LogP contribution in [0.4, 0.5) is 0 Å². The van der Waals surface area contributed by atoms with Gasteiger partial charge in [0.05, 0.1) is 5.69 Å². The number of aromatic nitrogens is 1. The Morgan fingerprint density at radius 2 is 2.50 bits per heavy atom. The summed E-state index contributed by atoms with van der Waals surface area (Å²) in [5, 5.41) is 12.0. The van der Waals surface area contributed by atoms with Crippen LogP contribution in [0, 0.1) is 0 Å². The molecule has 0 saturated carbocycles. The van der Waals surface area contributed by atoms with Crippen molar-refractivity contribution >= 4 is 17.2 Å². The summed E-state index contributed by atoms with van der Waals surface area (Å²) >= 11 is 1.25. The maximum absolute atomic E-state index is 11.2. The lowest BCUT2D eigenvalue weighted by Gasteiger charge is -2.17. The SMILES string of the molecule is CCc1csc(C(C)(O)C(=O)NN)n1. The summed E-state index contributed by atoms with van der Waals surface area (Å²) in [6.45, 7) is 3.32. The zero-order valence-corrected chi connectivity index (χ0v) is 8.89. The Hall–Kier alpha value is -0.980. The molecule has 14 heavy (non-hydrogen) atoms. The number of nitrogens with two attached hydrogens (primary N) is 1. The third-order valence-corrected chi connectivity index (χ3v) is 3.01. The Kier molecular flexibility index (Phi) is 3.20. The molecule has 1 atom stereocenters. The van der Waals surface area contributed by atoms with Gasteiger partial charge in [0.1, 0.15) is 5.01 Å². The minimum atomic E-state index is -1.65. The fraction of sp³-hybridized carbons (Fsp3) is 0.500. The van der Waals surface area contributed by atoms with Crippen molar-refractivity contribution < 1.29 is 9.90 Å². The number of thiazole rings is 1. The van der Waals surface area contributed by atoms with Crippen molar-refractivity contribution in [3.05, 3.63) is 16.1 Å². The lowest BCUT2D eigenvalue weighted by molar-refractivity contribution is -0.139. The Labute approximate surface area is 85.9 Å². The molecule has 1 unspecified atom stereocenters. The number of rotatable bonds is 3. The molecular weight excluding hydrogens is 202 g/mol. The molecule has 1 aromatic heterocycles. The number of carbonyl (C=O) groups is 1. The molecule has 5 nitrogen and oxygen atoms in total. The maximum atomic E-state index is 11.2. The molecule has 0 radical (unpaired) electrons. The van der Waals surface area contributed by atoms with E-state index in [9.17, 15) is 9.90 Å². The van der Waals surface area contributed by atoms with E-state index in [-0.39, 0.29) is 0 Å². The van der Waals surface area contributed by atoms with Crippen LogP contribution in [-0.4, -0.2) is 16.0 Å². The number of amides is 1. The summed E-state index contributed by atoms with van der Waals surface area (Å²) in [7, 11) is 0. The van der Waals surface area contributed by atoms with Crippen LogP contribution < -0.4 is 11.3 Å². The van der Waals surface area contributed by atoms with Crippen LogP contribution in [0.5, 0.6) is 0 Å². The van der Waals surface area contributed by atoms with E-state index < -0.39 is 11.5 Å². The Balaban J connectivity index is 2.97. The molecule has 1 aromatic rings. The van der Waals surface area contributed by atoms with E-state index in [1.807, 2.05) is 17.7 Å². The molecule has 0 bridgehead atoms. The fourth-order valence-corrected chi connectivity index (χ4v) is 1.89. The second-order valence-corrected chi connectivity index (χ2v) is 3.90. The summed E-state index contributed by atoms with van der Waals surface area (Å²) in [6.07, 6.45) is 0.775. The quantitative estimate of drug-likeness (QED) is 0.373. The predicted octanol–water partition coefficient (Wildman–Crippen LogP) is -0.0971. The topological polar surface area (TPSA) is 88.2 Å². The number of hydrogen-bond donors (Lipinski definition) is 3. The first-order valence-electron chi connectivity index (χ1n) is 4.20. The fourth-order valence-electron chi connectivity index (χ4n) is 0.931. The summed E-state index contributed by atoms with van der Waals surface area (Å²) < 4.78 is 0. The van der Waals surface area contributed by atoms with E-state index in [1.165, 1.54) is 18.3 Å². The van der Waals surface area contributed by atoms with Crippen molar-refractivity contribution in [3.8, 4) is 0 Å². The molecular formula is C8H13N3O2S.